The van der Waals surface area contributed by atoms with E-state index in [1.54, 1.807) is 12.3 Å². The van der Waals surface area contributed by atoms with Gasteiger partial charge in [-0.05, 0) is 38.2 Å². The maximum Gasteiger partial charge on any atom is 0.0752 e. The van der Waals surface area contributed by atoms with Crippen LogP contribution in [0.4, 0.5) is 5.69 Å². The molecule has 18 heavy (non-hydrogen) atoms. The summed E-state index contributed by atoms with van der Waals surface area (Å²) in [4.78, 5) is 4.29. The van der Waals surface area contributed by atoms with E-state index in [9.17, 15) is 0 Å². The second kappa shape index (κ2) is 6.23. The van der Waals surface area contributed by atoms with Crippen LogP contribution in [0.5, 0.6) is 0 Å². The Labute approximate surface area is 116 Å². The van der Waals surface area contributed by atoms with Gasteiger partial charge in [-0.2, -0.15) is 0 Å². The van der Waals surface area contributed by atoms with Crippen molar-refractivity contribution >= 4 is 39.8 Å². The summed E-state index contributed by atoms with van der Waals surface area (Å²) >= 11 is 12.2. The van der Waals surface area contributed by atoms with Crippen LogP contribution in [0.3, 0.4) is 0 Å². The molecule has 1 heterocycles. The molecule has 0 fully saturated rings. The summed E-state index contributed by atoms with van der Waals surface area (Å²) in [5, 5.41) is 8.64. The zero-order chi connectivity index (χ0) is 13.0. The molecule has 0 unspecified atom stereocenters. The number of anilines is 1. The van der Waals surface area contributed by atoms with Gasteiger partial charge in [0.25, 0.3) is 0 Å². The Balaban J connectivity index is 2.27. The van der Waals surface area contributed by atoms with Crippen molar-refractivity contribution in [2.24, 2.45) is 0 Å². The molecule has 1 aromatic heterocycles. The van der Waals surface area contributed by atoms with E-state index < -0.39 is 0 Å². The fourth-order valence-corrected chi connectivity index (χ4v) is 2.42. The van der Waals surface area contributed by atoms with Crippen molar-refractivity contribution in [3.05, 3.63) is 34.4 Å². The smallest absolute Gasteiger partial charge is 0.0752 e. The molecule has 3 nitrogen and oxygen atoms in total. The number of hydrogen-bond acceptors (Lipinski definition) is 3. The predicted molar refractivity (Wildman–Crippen MR) is 78.8 cm³/mol. The lowest BCUT2D eigenvalue weighted by molar-refractivity contribution is 0.748. The predicted octanol–water partition coefficient (Wildman–Crippen LogP) is 3.56. The zero-order valence-corrected chi connectivity index (χ0v) is 11.6. The fourth-order valence-electron chi connectivity index (χ4n) is 1.84. The van der Waals surface area contributed by atoms with Crippen LogP contribution < -0.4 is 10.6 Å². The molecule has 96 valence electrons. The average molecular weight is 284 g/mol. The molecule has 0 saturated carbocycles. The minimum Gasteiger partial charge on any atom is -0.384 e. The van der Waals surface area contributed by atoms with E-state index in [1.807, 2.05) is 19.2 Å². The van der Waals surface area contributed by atoms with Gasteiger partial charge in [-0.25, -0.2) is 0 Å². The Kier molecular flexibility index (Phi) is 4.64. The second-order valence-corrected chi connectivity index (χ2v) is 4.87. The quantitative estimate of drug-likeness (QED) is 0.824. The first kappa shape index (κ1) is 13.4. The monoisotopic (exact) mass is 283 g/mol. The van der Waals surface area contributed by atoms with Gasteiger partial charge in [-0.15, -0.1) is 0 Å². The van der Waals surface area contributed by atoms with Crippen LogP contribution >= 0.6 is 23.2 Å². The van der Waals surface area contributed by atoms with E-state index in [4.69, 9.17) is 23.2 Å². The first-order valence-corrected chi connectivity index (χ1v) is 6.60. The van der Waals surface area contributed by atoms with Gasteiger partial charge in [0.05, 0.1) is 10.5 Å². The standard InChI is InChI=1S/C13H15Cl2N3/c1-16-4-2-5-17-11-3-6-18-12-8-9(14)7-10(15)13(11)12/h3,6-8,16H,2,4-5H2,1H3,(H,17,18). The van der Waals surface area contributed by atoms with E-state index in [-0.39, 0.29) is 0 Å². The summed E-state index contributed by atoms with van der Waals surface area (Å²) in [7, 11) is 1.95. The first-order valence-electron chi connectivity index (χ1n) is 5.84. The molecule has 0 aliphatic rings. The lowest BCUT2D eigenvalue weighted by Gasteiger charge is -2.10. The molecule has 2 N–H and O–H groups in total. The lowest BCUT2D eigenvalue weighted by atomic mass is 10.2. The lowest BCUT2D eigenvalue weighted by Crippen LogP contribution is -2.13. The highest BCUT2D eigenvalue weighted by Gasteiger charge is 2.07. The Morgan fingerprint density at radius 3 is 2.83 bits per heavy atom. The van der Waals surface area contributed by atoms with Gasteiger partial charge in [-0.3, -0.25) is 4.98 Å². The molecule has 0 aliphatic carbocycles. The highest BCUT2D eigenvalue weighted by molar-refractivity contribution is 6.39. The topological polar surface area (TPSA) is 37.0 Å². The van der Waals surface area contributed by atoms with Crippen molar-refractivity contribution in [2.75, 3.05) is 25.5 Å². The van der Waals surface area contributed by atoms with Gasteiger partial charge < -0.3 is 10.6 Å². The first-order chi connectivity index (χ1) is 8.72. The van der Waals surface area contributed by atoms with E-state index in [2.05, 4.69) is 15.6 Å². The van der Waals surface area contributed by atoms with Crippen LogP contribution in [0, 0.1) is 0 Å². The van der Waals surface area contributed by atoms with Gasteiger partial charge in [0.1, 0.15) is 0 Å². The van der Waals surface area contributed by atoms with E-state index in [0.29, 0.717) is 10.0 Å². The summed E-state index contributed by atoms with van der Waals surface area (Å²) in [6, 6.07) is 5.49. The van der Waals surface area contributed by atoms with Crippen molar-refractivity contribution in [1.82, 2.24) is 10.3 Å². The normalized spacial score (nSPS) is 10.8. The highest BCUT2D eigenvalue weighted by atomic mass is 35.5. The maximum atomic E-state index is 6.23. The molecule has 0 saturated heterocycles. The highest BCUT2D eigenvalue weighted by Crippen LogP contribution is 2.31. The minimum absolute atomic E-state index is 0.604. The Hall–Kier alpha value is -1.03. The van der Waals surface area contributed by atoms with Crippen LogP contribution in [-0.4, -0.2) is 25.1 Å². The molecule has 0 radical (unpaired) electrons. The number of rotatable bonds is 5. The summed E-state index contributed by atoms with van der Waals surface area (Å²) in [5.74, 6) is 0. The molecule has 0 spiro atoms. The van der Waals surface area contributed by atoms with Crippen molar-refractivity contribution in [3.63, 3.8) is 0 Å². The maximum absolute atomic E-state index is 6.23. The molecule has 2 aromatic rings. The Morgan fingerprint density at radius 1 is 1.22 bits per heavy atom. The van der Waals surface area contributed by atoms with Crippen LogP contribution in [0.1, 0.15) is 6.42 Å². The van der Waals surface area contributed by atoms with Gasteiger partial charge in [0, 0.05) is 28.8 Å². The third kappa shape index (κ3) is 3.05. The van der Waals surface area contributed by atoms with Crippen molar-refractivity contribution in [3.8, 4) is 0 Å². The van der Waals surface area contributed by atoms with Crippen LogP contribution in [0.2, 0.25) is 10.0 Å². The molecular weight excluding hydrogens is 269 g/mol. The van der Waals surface area contributed by atoms with E-state index >= 15 is 0 Å². The molecule has 1 aromatic carbocycles. The van der Waals surface area contributed by atoms with Gasteiger partial charge in [-0.1, -0.05) is 23.2 Å². The largest absolute Gasteiger partial charge is 0.384 e. The van der Waals surface area contributed by atoms with E-state index in [1.165, 1.54) is 0 Å². The molecular formula is C13H15Cl2N3. The van der Waals surface area contributed by atoms with Gasteiger partial charge in [0.15, 0.2) is 0 Å². The summed E-state index contributed by atoms with van der Waals surface area (Å²) in [5.41, 5.74) is 1.81. The van der Waals surface area contributed by atoms with Gasteiger partial charge in [0.2, 0.25) is 0 Å². The van der Waals surface area contributed by atoms with Crippen molar-refractivity contribution in [1.29, 1.82) is 0 Å². The number of pyridine rings is 1. The van der Waals surface area contributed by atoms with Crippen LogP contribution in [-0.2, 0) is 0 Å². The Morgan fingerprint density at radius 2 is 2.06 bits per heavy atom. The van der Waals surface area contributed by atoms with Crippen LogP contribution in [0.15, 0.2) is 24.4 Å². The van der Waals surface area contributed by atoms with Gasteiger partial charge >= 0.3 is 0 Å². The fraction of sp³-hybridized carbons (Fsp3) is 0.308. The number of nitrogens with zero attached hydrogens (tertiary/aromatic N) is 1. The molecule has 0 aliphatic heterocycles. The molecule has 2 rings (SSSR count). The second-order valence-electron chi connectivity index (χ2n) is 4.02. The summed E-state index contributed by atoms with van der Waals surface area (Å²) in [6.45, 7) is 1.87. The Bertz CT molecular complexity index is 543. The summed E-state index contributed by atoms with van der Waals surface area (Å²) in [6.07, 6.45) is 2.81. The van der Waals surface area contributed by atoms with Crippen molar-refractivity contribution < 1.29 is 0 Å². The van der Waals surface area contributed by atoms with Crippen molar-refractivity contribution in [2.45, 2.75) is 6.42 Å². The minimum atomic E-state index is 0.604. The number of hydrogen-bond donors (Lipinski definition) is 2. The summed E-state index contributed by atoms with van der Waals surface area (Å²) < 4.78 is 0. The number of benzene rings is 1. The molecule has 0 atom stereocenters. The third-order valence-corrected chi connectivity index (χ3v) is 3.19. The number of aromatic nitrogens is 1. The molecule has 0 amide bonds. The number of halogens is 2. The molecule has 5 heteroatoms. The molecule has 0 bridgehead atoms. The zero-order valence-electron chi connectivity index (χ0n) is 10.1. The SMILES string of the molecule is CNCCCNc1ccnc2cc(Cl)cc(Cl)c12. The number of nitrogens with one attached hydrogen (secondary N) is 2. The van der Waals surface area contributed by atoms with E-state index in [0.717, 1.165) is 36.1 Å². The van der Waals surface area contributed by atoms with Crippen LogP contribution in [0.25, 0.3) is 10.9 Å². The number of fused-ring (bicyclic) bond motifs is 1. The third-order valence-electron chi connectivity index (χ3n) is 2.68. The average Bonchev–Trinajstić information content (AvgIpc) is 2.34.